The highest BCUT2D eigenvalue weighted by Gasteiger charge is 2.16. The molecular formula is C18H15F3N2O5. The van der Waals surface area contributed by atoms with Crippen LogP contribution in [0.15, 0.2) is 36.4 Å². The third-order valence-electron chi connectivity index (χ3n) is 3.42. The van der Waals surface area contributed by atoms with Gasteiger partial charge in [-0.05, 0) is 36.4 Å². The second-order valence-electron chi connectivity index (χ2n) is 5.35. The fourth-order valence-electron chi connectivity index (χ4n) is 1.99. The molecule has 0 saturated carbocycles. The molecule has 0 aliphatic rings. The van der Waals surface area contributed by atoms with E-state index in [9.17, 15) is 27.6 Å². The van der Waals surface area contributed by atoms with E-state index in [1.54, 1.807) is 12.1 Å². The van der Waals surface area contributed by atoms with Crippen molar-refractivity contribution in [1.29, 1.82) is 0 Å². The van der Waals surface area contributed by atoms with E-state index in [2.05, 4.69) is 5.32 Å². The van der Waals surface area contributed by atoms with Crippen LogP contribution < -0.4 is 15.4 Å². The molecule has 0 aromatic heterocycles. The van der Waals surface area contributed by atoms with Gasteiger partial charge in [0, 0.05) is 0 Å². The lowest BCUT2D eigenvalue weighted by Crippen LogP contribution is -2.35. The smallest absolute Gasteiger partial charge is 0.338 e. The number of amides is 2. The van der Waals surface area contributed by atoms with Crippen LogP contribution in [0.3, 0.4) is 0 Å². The van der Waals surface area contributed by atoms with Crippen molar-refractivity contribution in [3.8, 4) is 5.75 Å². The summed E-state index contributed by atoms with van der Waals surface area (Å²) in [6, 6.07) is 7.46. The van der Waals surface area contributed by atoms with Crippen molar-refractivity contribution >= 4 is 23.5 Å². The standard InChI is InChI=1S/C18H15F3N2O5/c1-27-11-4-2-10(3-5-11)18(26)28-9-15(25)22-8-14(24)23-13-7-6-12(19)16(20)17(13)21/h2-7H,8-9H2,1H3,(H,22,25)(H,23,24). The number of rotatable bonds is 7. The Labute approximate surface area is 157 Å². The van der Waals surface area contributed by atoms with Gasteiger partial charge in [-0.25, -0.2) is 18.0 Å². The maximum atomic E-state index is 13.5. The van der Waals surface area contributed by atoms with Crippen molar-refractivity contribution in [2.75, 3.05) is 25.6 Å². The van der Waals surface area contributed by atoms with E-state index in [4.69, 9.17) is 9.47 Å². The molecule has 0 unspecified atom stereocenters. The van der Waals surface area contributed by atoms with Gasteiger partial charge in [0.05, 0.1) is 24.9 Å². The molecule has 0 aliphatic carbocycles. The SMILES string of the molecule is COc1ccc(C(=O)OCC(=O)NCC(=O)Nc2ccc(F)c(F)c2F)cc1. The molecular weight excluding hydrogens is 381 g/mol. The minimum atomic E-state index is -1.73. The summed E-state index contributed by atoms with van der Waals surface area (Å²) in [6.45, 7) is -1.25. The molecule has 0 spiro atoms. The number of carbonyl (C=O) groups excluding carboxylic acids is 3. The first-order chi connectivity index (χ1) is 13.3. The highest BCUT2D eigenvalue weighted by atomic mass is 19.2. The van der Waals surface area contributed by atoms with Crippen LogP contribution in [0, 0.1) is 17.5 Å². The average Bonchev–Trinajstić information content (AvgIpc) is 2.71. The zero-order chi connectivity index (χ0) is 20.7. The Morgan fingerprint density at radius 1 is 0.929 bits per heavy atom. The summed E-state index contributed by atoms with van der Waals surface area (Å²) >= 11 is 0. The second-order valence-corrected chi connectivity index (χ2v) is 5.35. The fourth-order valence-corrected chi connectivity index (χ4v) is 1.99. The van der Waals surface area contributed by atoms with E-state index in [0.717, 1.165) is 6.07 Å². The molecule has 0 atom stereocenters. The summed E-state index contributed by atoms with van der Waals surface area (Å²) in [5, 5.41) is 4.11. The summed E-state index contributed by atoms with van der Waals surface area (Å²) in [5.41, 5.74) is -0.385. The van der Waals surface area contributed by atoms with Crippen LogP contribution in [0.1, 0.15) is 10.4 Å². The zero-order valence-corrected chi connectivity index (χ0v) is 14.6. The summed E-state index contributed by atoms with van der Waals surface area (Å²) in [6.07, 6.45) is 0. The van der Waals surface area contributed by atoms with Crippen molar-refractivity contribution in [3.63, 3.8) is 0 Å². The zero-order valence-electron chi connectivity index (χ0n) is 14.6. The Bertz CT molecular complexity index is 888. The number of ether oxygens (including phenoxy) is 2. The Balaban J connectivity index is 1.78. The van der Waals surface area contributed by atoms with Crippen LogP contribution in [0.4, 0.5) is 18.9 Å². The number of benzene rings is 2. The van der Waals surface area contributed by atoms with Crippen LogP contribution in [0.25, 0.3) is 0 Å². The molecule has 2 aromatic rings. The Kier molecular flexibility index (Phi) is 6.96. The van der Waals surface area contributed by atoms with Crippen molar-refractivity contribution in [2.24, 2.45) is 0 Å². The molecule has 0 saturated heterocycles. The lowest BCUT2D eigenvalue weighted by molar-refractivity contribution is -0.126. The number of hydrogen-bond acceptors (Lipinski definition) is 5. The van der Waals surface area contributed by atoms with Crippen molar-refractivity contribution in [3.05, 3.63) is 59.4 Å². The molecule has 2 N–H and O–H groups in total. The molecule has 28 heavy (non-hydrogen) atoms. The molecule has 7 nitrogen and oxygen atoms in total. The number of anilines is 1. The van der Waals surface area contributed by atoms with Gasteiger partial charge in [-0.3, -0.25) is 9.59 Å². The molecule has 148 valence electrons. The molecule has 10 heteroatoms. The van der Waals surface area contributed by atoms with Gasteiger partial charge in [0.15, 0.2) is 24.1 Å². The maximum Gasteiger partial charge on any atom is 0.338 e. The van der Waals surface area contributed by atoms with Crippen LogP contribution in [0.2, 0.25) is 0 Å². The Hall–Kier alpha value is -3.56. The van der Waals surface area contributed by atoms with E-state index in [1.807, 2.05) is 5.32 Å². The summed E-state index contributed by atoms with van der Waals surface area (Å²) < 4.78 is 49.1. The minimum Gasteiger partial charge on any atom is -0.497 e. The Morgan fingerprint density at radius 2 is 1.61 bits per heavy atom. The highest BCUT2D eigenvalue weighted by molar-refractivity contribution is 5.95. The van der Waals surface area contributed by atoms with E-state index in [1.165, 1.54) is 19.2 Å². The molecule has 0 fully saturated rings. The number of methoxy groups -OCH3 is 1. The van der Waals surface area contributed by atoms with Gasteiger partial charge in [-0.2, -0.15) is 0 Å². The number of halogens is 3. The first kappa shape index (κ1) is 20.7. The van der Waals surface area contributed by atoms with E-state index < -0.39 is 54.1 Å². The third-order valence-corrected chi connectivity index (χ3v) is 3.42. The average molecular weight is 396 g/mol. The van der Waals surface area contributed by atoms with Crippen molar-refractivity contribution in [1.82, 2.24) is 5.32 Å². The molecule has 2 amide bonds. The van der Waals surface area contributed by atoms with Gasteiger partial charge < -0.3 is 20.1 Å². The third kappa shape index (κ3) is 5.47. The summed E-state index contributed by atoms with van der Waals surface area (Å²) in [7, 11) is 1.47. The monoisotopic (exact) mass is 396 g/mol. The quantitative estimate of drug-likeness (QED) is 0.552. The largest absolute Gasteiger partial charge is 0.497 e. The Morgan fingerprint density at radius 3 is 2.25 bits per heavy atom. The van der Waals surface area contributed by atoms with Crippen LogP contribution in [-0.4, -0.2) is 38.0 Å². The minimum absolute atomic E-state index is 0.195. The van der Waals surface area contributed by atoms with Gasteiger partial charge >= 0.3 is 5.97 Å². The second kappa shape index (κ2) is 9.40. The van der Waals surface area contributed by atoms with Crippen molar-refractivity contribution < 1.29 is 37.0 Å². The van der Waals surface area contributed by atoms with Gasteiger partial charge in [-0.1, -0.05) is 0 Å². The predicted molar refractivity (Wildman–Crippen MR) is 91.2 cm³/mol. The van der Waals surface area contributed by atoms with Crippen LogP contribution in [-0.2, 0) is 14.3 Å². The number of carbonyl (C=O) groups is 3. The van der Waals surface area contributed by atoms with E-state index >= 15 is 0 Å². The van der Waals surface area contributed by atoms with Gasteiger partial charge in [0.2, 0.25) is 5.91 Å². The van der Waals surface area contributed by atoms with Crippen LogP contribution >= 0.6 is 0 Å². The lowest BCUT2D eigenvalue weighted by atomic mass is 10.2. The number of hydrogen-bond donors (Lipinski definition) is 2. The summed E-state index contributed by atoms with van der Waals surface area (Å²) in [4.78, 5) is 35.1. The molecule has 2 rings (SSSR count). The maximum absolute atomic E-state index is 13.5. The van der Waals surface area contributed by atoms with Crippen molar-refractivity contribution in [2.45, 2.75) is 0 Å². The molecule has 0 heterocycles. The van der Waals surface area contributed by atoms with E-state index in [-0.39, 0.29) is 5.56 Å². The van der Waals surface area contributed by atoms with Gasteiger partial charge in [0.1, 0.15) is 5.75 Å². The summed E-state index contributed by atoms with van der Waals surface area (Å²) in [5.74, 6) is -6.59. The molecule has 0 radical (unpaired) electrons. The normalized spacial score (nSPS) is 10.1. The van der Waals surface area contributed by atoms with Crippen LogP contribution in [0.5, 0.6) is 5.75 Å². The molecule has 0 bridgehead atoms. The van der Waals surface area contributed by atoms with E-state index in [0.29, 0.717) is 11.8 Å². The first-order valence-corrected chi connectivity index (χ1v) is 7.83. The number of nitrogens with one attached hydrogen (secondary N) is 2. The fraction of sp³-hybridized carbons (Fsp3) is 0.167. The number of esters is 1. The van der Waals surface area contributed by atoms with Gasteiger partial charge in [0.25, 0.3) is 5.91 Å². The topological polar surface area (TPSA) is 93.7 Å². The van der Waals surface area contributed by atoms with Gasteiger partial charge in [-0.15, -0.1) is 0 Å². The lowest BCUT2D eigenvalue weighted by Gasteiger charge is -2.09. The molecule has 2 aromatic carbocycles. The highest BCUT2D eigenvalue weighted by Crippen LogP contribution is 2.19. The first-order valence-electron chi connectivity index (χ1n) is 7.83. The molecule has 0 aliphatic heterocycles. The predicted octanol–water partition coefficient (Wildman–Crippen LogP) is 2.02.